The van der Waals surface area contributed by atoms with Crippen LogP contribution in [0.4, 0.5) is 4.39 Å². The van der Waals surface area contributed by atoms with Crippen molar-refractivity contribution in [1.82, 2.24) is 14.8 Å². The van der Waals surface area contributed by atoms with Gasteiger partial charge in [-0.3, -0.25) is 0 Å². The van der Waals surface area contributed by atoms with Crippen LogP contribution in [0.3, 0.4) is 0 Å². The summed E-state index contributed by atoms with van der Waals surface area (Å²) in [5, 5.41) is 12.4. The summed E-state index contributed by atoms with van der Waals surface area (Å²) in [5.74, 6) is 0.226. The molecule has 70 valence electrons. The van der Waals surface area contributed by atoms with Crippen molar-refractivity contribution in [3.05, 3.63) is 12.2 Å². The number of hydrogen-bond donors (Lipinski definition) is 0. The smallest absolute Gasteiger partial charge is 0.230 e. The molecule has 0 spiro atoms. The molecule has 4 nitrogen and oxygen atoms in total. The minimum atomic E-state index is -1.24. The molecule has 5 heteroatoms. The van der Waals surface area contributed by atoms with Crippen LogP contribution in [0.2, 0.25) is 0 Å². The molecule has 0 atom stereocenters. The zero-order chi connectivity index (χ0) is 9.90. The van der Waals surface area contributed by atoms with E-state index in [0.717, 1.165) is 0 Å². The van der Waals surface area contributed by atoms with E-state index in [2.05, 4.69) is 10.1 Å². The topological polar surface area (TPSA) is 54.5 Å². The first-order valence-corrected chi connectivity index (χ1v) is 4.00. The van der Waals surface area contributed by atoms with Crippen LogP contribution < -0.4 is 0 Å². The van der Waals surface area contributed by atoms with Crippen LogP contribution in [-0.4, -0.2) is 20.4 Å². The number of rotatable bonds is 3. The molecule has 0 aliphatic heterocycles. The highest BCUT2D eigenvalue weighted by Crippen LogP contribution is 2.14. The van der Waals surface area contributed by atoms with Crippen LogP contribution in [0, 0.1) is 11.3 Å². The third kappa shape index (κ3) is 2.82. The van der Waals surface area contributed by atoms with E-state index in [1.807, 2.05) is 6.07 Å². The van der Waals surface area contributed by atoms with Gasteiger partial charge in [0.15, 0.2) is 0 Å². The summed E-state index contributed by atoms with van der Waals surface area (Å²) in [4.78, 5) is 3.70. The maximum absolute atomic E-state index is 13.1. The van der Waals surface area contributed by atoms with Gasteiger partial charge in [-0.1, -0.05) is 0 Å². The van der Waals surface area contributed by atoms with E-state index < -0.39 is 5.67 Å². The van der Waals surface area contributed by atoms with Crippen LogP contribution in [0.5, 0.6) is 0 Å². The van der Waals surface area contributed by atoms with Gasteiger partial charge >= 0.3 is 0 Å². The standard InChI is InChI=1S/C8H11FN4/c1-8(2,9)3-4-13-7(5-10)11-6-12-13/h6H,3-4H2,1-2H3. The summed E-state index contributed by atoms with van der Waals surface area (Å²) in [7, 11) is 0. The fourth-order valence-electron chi connectivity index (χ4n) is 0.886. The van der Waals surface area contributed by atoms with Gasteiger partial charge in [-0.15, -0.1) is 0 Å². The number of nitriles is 1. The van der Waals surface area contributed by atoms with Crippen LogP contribution in [0.1, 0.15) is 26.1 Å². The van der Waals surface area contributed by atoms with Crippen molar-refractivity contribution in [1.29, 1.82) is 5.26 Å². The second-order valence-electron chi connectivity index (χ2n) is 3.39. The van der Waals surface area contributed by atoms with Crippen LogP contribution in [0.15, 0.2) is 6.33 Å². The number of hydrogen-bond acceptors (Lipinski definition) is 3. The van der Waals surface area contributed by atoms with Gasteiger partial charge in [-0.25, -0.2) is 14.1 Å². The van der Waals surface area contributed by atoms with E-state index in [1.54, 1.807) is 0 Å². The Hall–Kier alpha value is -1.44. The number of aromatic nitrogens is 3. The molecule has 0 saturated carbocycles. The first-order chi connectivity index (χ1) is 6.03. The lowest BCUT2D eigenvalue weighted by Gasteiger charge is -2.13. The quantitative estimate of drug-likeness (QED) is 0.707. The zero-order valence-electron chi connectivity index (χ0n) is 7.66. The second-order valence-corrected chi connectivity index (χ2v) is 3.39. The molecule has 0 bridgehead atoms. The fraction of sp³-hybridized carbons (Fsp3) is 0.625. The van der Waals surface area contributed by atoms with Crippen LogP contribution in [-0.2, 0) is 6.54 Å². The fourth-order valence-corrected chi connectivity index (χ4v) is 0.886. The Morgan fingerprint density at radius 1 is 1.69 bits per heavy atom. The van der Waals surface area contributed by atoms with Gasteiger partial charge in [-0.2, -0.15) is 10.4 Å². The molecule has 0 fully saturated rings. The Bertz CT molecular complexity index is 318. The van der Waals surface area contributed by atoms with E-state index in [9.17, 15) is 4.39 Å². The van der Waals surface area contributed by atoms with Gasteiger partial charge < -0.3 is 0 Å². The highest BCUT2D eigenvalue weighted by atomic mass is 19.1. The maximum Gasteiger partial charge on any atom is 0.230 e. The highest BCUT2D eigenvalue weighted by Gasteiger charge is 2.16. The normalized spacial score (nSPS) is 11.2. The van der Waals surface area contributed by atoms with E-state index in [-0.39, 0.29) is 5.82 Å². The number of nitrogens with zero attached hydrogens (tertiary/aromatic N) is 4. The average molecular weight is 182 g/mol. The van der Waals surface area contributed by atoms with Gasteiger partial charge in [0.2, 0.25) is 5.82 Å². The van der Waals surface area contributed by atoms with E-state index in [1.165, 1.54) is 24.9 Å². The molecule has 1 aromatic heterocycles. The van der Waals surface area contributed by atoms with Crippen molar-refractivity contribution in [3.8, 4) is 6.07 Å². The molecule has 1 heterocycles. The monoisotopic (exact) mass is 182 g/mol. The molecular weight excluding hydrogens is 171 g/mol. The third-order valence-electron chi connectivity index (χ3n) is 1.63. The summed E-state index contributed by atoms with van der Waals surface area (Å²) in [5.41, 5.74) is -1.24. The number of alkyl halides is 1. The molecule has 0 radical (unpaired) electrons. The molecule has 0 aliphatic carbocycles. The van der Waals surface area contributed by atoms with Gasteiger partial charge in [0.1, 0.15) is 18.1 Å². The Morgan fingerprint density at radius 2 is 2.38 bits per heavy atom. The minimum Gasteiger partial charge on any atom is -0.244 e. The van der Waals surface area contributed by atoms with Crippen molar-refractivity contribution in [2.24, 2.45) is 0 Å². The Morgan fingerprint density at radius 3 is 2.92 bits per heavy atom. The summed E-state index contributed by atoms with van der Waals surface area (Å²) in [6, 6.07) is 1.88. The molecule has 0 aliphatic rings. The van der Waals surface area contributed by atoms with Crippen LogP contribution in [0.25, 0.3) is 0 Å². The molecule has 1 rings (SSSR count). The van der Waals surface area contributed by atoms with Gasteiger partial charge in [0.05, 0.1) is 0 Å². The number of halogens is 1. The summed E-state index contributed by atoms with van der Waals surface area (Å²) in [6.45, 7) is 3.37. The first-order valence-electron chi connectivity index (χ1n) is 4.00. The lowest BCUT2D eigenvalue weighted by atomic mass is 10.1. The van der Waals surface area contributed by atoms with Gasteiger partial charge in [-0.05, 0) is 13.8 Å². The second kappa shape index (κ2) is 3.52. The van der Waals surface area contributed by atoms with Crippen molar-refractivity contribution in [2.75, 3.05) is 0 Å². The van der Waals surface area contributed by atoms with E-state index in [0.29, 0.717) is 13.0 Å². The van der Waals surface area contributed by atoms with Crippen molar-refractivity contribution in [3.63, 3.8) is 0 Å². The Kier molecular flexibility index (Phi) is 2.61. The predicted molar refractivity (Wildman–Crippen MR) is 44.5 cm³/mol. The van der Waals surface area contributed by atoms with Gasteiger partial charge in [0.25, 0.3) is 0 Å². The number of aryl methyl sites for hydroxylation is 1. The molecular formula is C8H11FN4. The molecule has 13 heavy (non-hydrogen) atoms. The summed E-state index contributed by atoms with van der Waals surface area (Å²) >= 11 is 0. The largest absolute Gasteiger partial charge is 0.244 e. The molecule has 1 aromatic rings. The van der Waals surface area contributed by atoms with Crippen molar-refractivity contribution < 1.29 is 4.39 Å². The SMILES string of the molecule is CC(C)(F)CCn1ncnc1C#N. The van der Waals surface area contributed by atoms with Crippen LogP contribution >= 0.6 is 0 Å². The molecule has 0 N–H and O–H groups in total. The molecule has 0 amide bonds. The zero-order valence-corrected chi connectivity index (χ0v) is 7.66. The first kappa shape index (κ1) is 9.65. The van der Waals surface area contributed by atoms with Gasteiger partial charge in [0, 0.05) is 13.0 Å². The maximum atomic E-state index is 13.1. The predicted octanol–water partition coefficient (Wildman–Crippen LogP) is 1.29. The average Bonchev–Trinajstić information content (AvgIpc) is 2.46. The van der Waals surface area contributed by atoms with Crippen molar-refractivity contribution in [2.45, 2.75) is 32.5 Å². The Balaban J connectivity index is 2.61. The minimum absolute atomic E-state index is 0.226. The summed E-state index contributed by atoms with van der Waals surface area (Å²) < 4.78 is 14.5. The van der Waals surface area contributed by atoms with E-state index in [4.69, 9.17) is 5.26 Å². The summed E-state index contributed by atoms with van der Waals surface area (Å²) in [6.07, 6.45) is 1.62. The lowest BCUT2D eigenvalue weighted by molar-refractivity contribution is 0.189. The lowest BCUT2D eigenvalue weighted by Crippen LogP contribution is -2.16. The molecule has 0 aromatic carbocycles. The molecule has 0 unspecified atom stereocenters. The van der Waals surface area contributed by atoms with E-state index >= 15 is 0 Å². The van der Waals surface area contributed by atoms with Crippen molar-refractivity contribution >= 4 is 0 Å². The third-order valence-corrected chi connectivity index (χ3v) is 1.63. The highest BCUT2D eigenvalue weighted by molar-refractivity contribution is 5.07. The Labute approximate surface area is 76.0 Å². The molecule has 0 saturated heterocycles.